The molecule has 0 heterocycles. The van der Waals surface area contributed by atoms with Crippen molar-refractivity contribution in [2.45, 2.75) is 13.3 Å². The average Bonchev–Trinajstić information content (AvgIpc) is 1.59. The van der Waals surface area contributed by atoms with Crippen LogP contribution in [0.1, 0.15) is 14.8 Å². The molecule has 0 fully saturated rings. The first-order chi connectivity index (χ1) is 3.56. The molecule has 3 nitrogen and oxygen atoms in total. The molecule has 1 atom stereocenters. The molecule has 0 spiro atoms. The molecule has 0 aromatic heterocycles. The monoisotopic (exact) mass is 180 g/mol. The van der Waals surface area contributed by atoms with Crippen molar-refractivity contribution in [2.24, 2.45) is 0 Å². The topological polar surface area (TPSA) is 46.5 Å². The van der Waals surface area contributed by atoms with Crippen molar-refractivity contribution in [1.82, 2.24) is 0 Å². The maximum atomic E-state index is 10.1. The van der Waals surface area contributed by atoms with Gasteiger partial charge in [0.15, 0.2) is 0 Å². The zero-order valence-electron chi connectivity index (χ0n) is 6.49. The summed E-state index contributed by atoms with van der Waals surface area (Å²) >= 11 is 4.01. The van der Waals surface area contributed by atoms with Crippen molar-refractivity contribution in [3.8, 4) is 0 Å². The molecule has 0 aliphatic rings. The summed E-state index contributed by atoms with van der Waals surface area (Å²) in [7, 11) is -3.35. The van der Waals surface area contributed by atoms with E-state index in [-0.39, 0.29) is 37.6 Å². The van der Waals surface area contributed by atoms with Crippen LogP contribution in [0.25, 0.3) is 0 Å². The fraction of sp³-hybridized carbons (Fsp3) is 1.00. The summed E-state index contributed by atoms with van der Waals surface area (Å²) in [4.78, 5) is 0. The Balaban J connectivity index is -0.000000245. The summed E-state index contributed by atoms with van der Waals surface area (Å²) < 4.78 is 22.6. The van der Waals surface area contributed by atoms with Crippen LogP contribution < -0.4 is 29.6 Å². The van der Waals surface area contributed by atoms with Crippen LogP contribution in [-0.2, 0) is 24.4 Å². The third-order valence-corrected chi connectivity index (χ3v) is 1.19. The summed E-state index contributed by atoms with van der Waals surface area (Å²) in [5.74, 6) is 0. The fourth-order valence-corrected chi connectivity index (χ4v) is 0.770. The van der Waals surface area contributed by atoms with E-state index >= 15 is 0 Å². The molecule has 0 saturated heterocycles. The van der Waals surface area contributed by atoms with Crippen molar-refractivity contribution < 1.29 is 43.9 Å². The second-order valence-corrected chi connectivity index (χ2v) is 3.60. The molecular formula is C3H9NaO3S2. The van der Waals surface area contributed by atoms with Crippen molar-refractivity contribution in [3.63, 3.8) is 0 Å². The van der Waals surface area contributed by atoms with Crippen LogP contribution in [0, 0.1) is 0 Å². The van der Waals surface area contributed by atoms with E-state index in [2.05, 4.69) is 15.4 Å². The number of hydrogen-bond acceptors (Lipinski definition) is 3. The summed E-state index contributed by atoms with van der Waals surface area (Å²) in [5, 5.41) is 0. The molecule has 0 bridgehead atoms. The van der Waals surface area contributed by atoms with E-state index in [4.69, 9.17) is 4.55 Å². The zero-order valence-corrected chi connectivity index (χ0v) is 9.13. The third kappa shape index (κ3) is 12.5. The van der Waals surface area contributed by atoms with Gasteiger partial charge in [0.05, 0.1) is 6.61 Å². The van der Waals surface area contributed by atoms with Gasteiger partial charge >= 0.3 is 29.6 Å². The van der Waals surface area contributed by atoms with Crippen LogP contribution >= 0.6 is 0 Å². The number of rotatable bonds is 3. The molecule has 6 heteroatoms. The summed E-state index contributed by atoms with van der Waals surface area (Å²) in [6.07, 6.45) is 0.703. The summed E-state index contributed by atoms with van der Waals surface area (Å²) in [5.41, 5.74) is 0. The van der Waals surface area contributed by atoms with Gasteiger partial charge in [0.25, 0.3) is 9.05 Å². The van der Waals surface area contributed by atoms with Crippen molar-refractivity contribution in [3.05, 3.63) is 0 Å². The molecule has 0 aromatic rings. The normalized spacial score (nSPS) is 15.8. The van der Waals surface area contributed by atoms with E-state index in [0.717, 1.165) is 0 Å². The molecule has 1 unspecified atom stereocenters. The predicted octanol–water partition coefficient (Wildman–Crippen LogP) is -2.34. The van der Waals surface area contributed by atoms with Gasteiger partial charge in [0, 0.05) is 11.2 Å². The maximum Gasteiger partial charge on any atom is 1.00 e. The van der Waals surface area contributed by atoms with Gasteiger partial charge in [-0.05, 0) is 6.42 Å². The predicted molar refractivity (Wildman–Crippen MR) is 35.5 cm³/mol. The molecule has 1 N–H and O–H groups in total. The first-order valence-electron chi connectivity index (χ1n) is 2.18. The van der Waals surface area contributed by atoms with E-state index in [1.165, 1.54) is 0 Å². The van der Waals surface area contributed by atoms with Gasteiger partial charge in [0.2, 0.25) is 0 Å². The molecule has 0 aromatic carbocycles. The SMILES string of the molecule is CCCOS(=O)(O)=S.[H-].[Na+]. The van der Waals surface area contributed by atoms with Crippen LogP contribution in [0.2, 0.25) is 0 Å². The van der Waals surface area contributed by atoms with Crippen LogP contribution in [-0.4, -0.2) is 15.4 Å². The van der Waals surface area contributed by atoms with Crippen LogP contribution in [0.15, 0.2) is 0 Å². The largest absolute Gasteiger partial charge is 1.00 e. The van der Waals surface area contributed by atoms with Crippen molar-refractivity contribution >= 4 is 20.2 Å². The van der Waals surface area contributed by atoms with Crippen LogP contribution in [0.4, 0.5) is 0 Å². The minimum atomic E-state index is -3.35. The Kier molecular flexibility index (Phi) is 8.66. The summed E-state index contributed by atoms with van der Waals surface area (Å²) in [6.45, 7) is 2.08. The Morgan fingerprint density at radius 1 is 1.89 bits per heavy atom. The molecule has 0 radical (unpaired) electrons. The van der Waals surface area contributed by atoms with Gasteiger partial charge in [-0.2, -0.15) is 4.21 Å². The Morgan fingerprint density at radius 3 is 2.44 bits per heavy atom. The Labute approximate surface area is 83.6 Å². The molecule has 0 aliphatic heterocycles. The Hall–Kier alpha value is 1.29. The smallest absolute Gasteiger partial charge is 1.00 e. The minimum Gasteiger partial charge on any atom is -1.00 e. The Morgan fingerprint density at radius 2 is 2.33 bits per heavy atom. The Bertz CT molecular complexity index is 146. The maximum absolute atomic E-state index is 10.1. The standard InChI is InChI=1S/C3H8O3S2.Na.H/c1-2-3-6-8(4,5)7;;/h2-3H2,1H3,(H,4,5,7);;/q;+1;-1. The molecule has 0 saturated carbocycles. The van der Waals surface area contributed by atoms with Gasteiger partial charge in [-0.25, -0.2) is 0 Å². The zero-order chi connectivity index (χ0) is 6.62. The molecule has 0 amide bonds. The molecule has 9 heavy (non-hydrogen) atoms. The van der Waals surface area contributed by atoms with E-state index in [1.54, 1.807) is 0 Å². The van der Waals surface area contributed by atoms with Gasteiger partial charge in [0.1, 0.15) is 0 Å². The molecule has 52 valence electrons. The van der Waals surface area contributed by atoms with Crippen LogP contribution in [0.3, 0.4) is 0 Å². The average molecular weight is 180 g/mol. The van der Waals surface area contributed by atoms with E-state index in [9.17, 15) is 4.21 Å². The van der Waals surface area contributed by atoms with Crippen molar-refractivity contribution in [1.29, 1.82) is 0 Å². The van der Waals surface area contributed by atoms with Gasteiger partial charge in [-0.15, -0.1) is 0 Å². The van der Waals surface area contributed by atoms with Gasteiger partial charge in [-0.1, -0.05) is 6.92 Å². The van der Waals surface area contributed by atoms with Gasteiger partial charge < -0.3 is 1.43 Å². The minimum absolute atomic E-state index is 0. The summed E-state index contributed by atoms with van der Waals surface area (Å²) in [6, 6.07) is 0. The van der Waals surface area contributed by atoms with E-state index in [1.807, 2.05) is 6.92 Å². The fourth-order valence-electron chi connectivity index (χ4n) is 0.189. The van der Waals surface area contributed by atoms with Crippen LogP contribution in [0.5, 0.6) is 0 Å². The molecule has 0 rings (SSSR count). The number of hydrogen-bond donors (Lipinski definition) is 1. The molecular weight excluding hydrogens is 171 g/mol. The molecule has 0 aliphatic carbocycles. The van der Waals surface area contributed by atoms with E-state index in [0.29, 0.717) is 6.42 Å². The first kappa shape index (κ1) is 12.9. The quantitative estimate of drug-likeness (QED) is 0.495. The second kappa shape index (κ2) is 6.03. The van der Waals surface area contributed by atoms with E-state index < -0.39 is 9.05 Å². The van der Waals surface area contributed by atoms with Gasteiger partial charge in [-0.3, -0.25) is 8.74 Å². The van der Waals surface area contributed by atoms with Crippen molar-refractivity contribution in [2.75, 3.05) is 6.61 Å². The second-order valence-electron chi connectivity index (χ2n) is 1.25. The first-order valence-corrected chi connectivity index (χ1v) is 4.54. The third-order valence-electron chi connectivity index (χ3n) is 0.436.